The Hall–Kier alpha value is -2.35. The SMILES string of the molecule is O=C(c1ccc2c(c1)OCCO2)C1CCN(CC(O)COCc2ccco2)CC1. The highest BCUT2D eigenvalue weighted by Gasteiger charge is 2.27. The zero-order valence-corrected chi connectivity index (χ0v) is 16.4. The van der Waals surface area contributed by atoms with Gasteiger partial charge < -0.3 is 28.6 Å². The first kappa shape index (κ1) is 19.9. The summed E-state index contributed by atoms with van der Waals surface area (Å²) in [6, 6.07) is 9.09. The van der Waals surface area contributed by atoms with Crippen LogP contribution >= 0.6 is 0 Å². The molecule has 156 valence electrons. The number of aliphatic hydroxyl groups is 1. The van der Waals surface area contributed by atoms with Gasteiger partial charge in [-0.15, -0.1) is 0 Å². The number of ketones is 1. The van der Waals surface area contributed by atoms with Gasteiger partial charge in [-0.3, -0.25) is 4.79 Å². The number of β-amino-alcohol motifs (C(OH)–C–C–N with tert-alkyl or cyclic N) is 1. The lowest BCUT2D eigenvalue weighted by molar-refractivity contribution is 0.000565. The molecule has 0 radical (unpaired) electrons. The summed E-state index contributed by atoms with van der Waals surface area (Å²) >= 11 is 0. The van der Waals surface area contributed by atoms with Gasteiger partial charge in [-0.05, 0) is 56.3 Å². The van der Waals surface area contributed by atoms with Crippen LogP contribution in [0.3, 0.4) is 0 Å². The first-order chi connectivity index (χ1) is 14.2. The fourth-order valence-corrected chi connectivity index (χ4v) is 3.85. The third-order valence-corrected chi connectivity index (χ3v) is 5.39. The number of furan rings is 1. The summed E-state index contributed by atoms with van der Waals surface area (Å²) in [5.41, 5.74) is 0.680. The Morgan fingerprint density at radius 1 is 1.17 bits per heavy atom. The van der Waals surface area contributed by atoms with Gasteiger partial charge in [-0.1, -0.05) is 0 Å². The molecule has 0 spiro atoms. The number of Topliss-reactive ketones (excluding diaryl/α,β-unsaturated/α-hetero) is 1. The molecule has 29 heavy (non-hydrogen) atoms. The topological polar surface area (TPSA) is 81.4 Å². The lowest BCUT2D eigenvalue weighted by Crippen LogP contribution is -2.41. The summed E-state index contributed by atoms with van der Waals surface area (Å²) in [5, 5.41) is 10.2. The summed E-state index contributed by atoms with van der Waals surface area (Å²) in [4.78, 5) is 15.1. The highest BCUT2D eigenvalue weighted by atomic mass is 16.6. The summed E-state index contributed by atoms with van der Waals surface area (Å²) < 4.78 is 21.8. The maximum atomic E-state index is 12.9. The molecule has 1 fully saturated rings. The Morgan fingerprint density at radius 2 is 1.97 bits per heavy atom. The van der Waals surface area contributed by atoms with Crippen molar-refractivity contribution in [2.24, 2.45) is 5.92 Å². The maximum Gasteiger partial charge on any atom is 0.166 e. The Labute approximate surface area is 170 Å². The van der Waals surface area contributed by atoms with E-state index in [1.54, 1.807) is 12.3 Å². The van der Waals surface area contributed by atoms with E-state index in [1.807, 2.05) is 24.3 Å². The van der Waals surface area contributed by atoms with Crippen LogP contribution in [-0.2, 0) is 11.3 Å². The number of rotatable bonds is 8. The molecule has 1 aromatic carbocycles. The number of hydrogen-bond acceptors (Lipinski definition) is 7. The number of nitrogens with zero attached hydrogens (tertiary/aromatic N) is 1. The van der Waals surface area contributed by atoms with Crippen LogP contribution in [0.5, 0.6) is 11.5 Å². The van der Waals surface area contributed by atoms with Crippen molar-refractivity contribution in [3.63, 3.8) is 0 Å². The highest BCUT2D eigenvalue weighted by molar-refractivity contribution is 5.98. The smallest absolute Gasteiger partial charge is 0.166 e. The van der Waals surface area contributed by atoms with Crippen LogP contribution in [0.2, 0.25) is 0 Å². The third-order valence-electron chi connectivity index (χ3n) is 5.39. The Morgan fingerprint density at radius 3 is 2.72 bits per heavy atom. The highest BCUT2D eigenvalue weighted by Crippen LogP contribution is 2.32. The van der Waals surface area contributed by atoms with Crippen molar-refractivity contribution in [2.45, 2.75) is 25.6 Å². The molecule has 0 aliphatic carbocycles. The quantitative estimate of drug-likeness (QED) is 0.681. The molecule has 2 aromatic rings. The number of likely N-dealkylation sites (tertiary alicyclic amines) is 1. The largest absolute Gasteiger partial charge is 0.486 e. The van der Waals surface area contributed by atoms with E-state index < -0.39 is 6.10 Å². The van der Waals surface area contributed by atoms with Crippen molar-refractivity contribution < 1.29 is 28.5 Å². The van der Waals surface area contributed by atoms with Crippen LogP contribution in [0.4, 0.5) is 0 Å². The summed E-state index contributed by atoms with van der Waals surface area (Å²) in [6.45, 7) is 3.79. The van der Waals surface area contributed by atoms with Crippen LogP contribution in [-0.4, -0.2) is 61.3 Å². The molecule has 3 heterocycles. The number of aliphatic hydroxyl groups excluding tert-OH is 1. The van der Waals surface area contributed by atoms with Crippen molar-refractivity contribution in [1.29, 1.82) is 0 Å². The van der Waals surface area contributed by atoms with Crippen LogP contribution in [0.25, 0.3) is 0 Å². The molecule has 0 amide bonds. The number of hydrogen-bond donors (Lipinski definition) is 1. The second-order valence-corrected chi connectivity index (χ2v) is 7.55. The zero-order valence-electron chi connectivity index (χ0n) is 16.4. The number of carbonyl (C=O) groups excluding carboxylic acids is 1. The third kappa shape index (κ3) is 5.18. The molecule has 2 aliphatic rings. The molecule has 7 nitrogen and oxygen atoms in total. The molecule has 1 aromatic heterocycles. The van der Waals surface area contributed by atoms with Crippen LogP contribution in [0, 0.1) is 5.92 Å². The zero-order chi connectivity index (χ0) is 20.1. The molecule has 0 saturated carbocycles. The minimum absolute atomic E-state index is 0.00107. The van der Waals surface area contributed by atoms with E-state index in [0.717, 1.165) is 31.7 Å². The van der Waals surface area contributed by atoms with Gasteiger partial charge >= 0.3 is 0 Å². The average Bonchev–Trinajstić information content (AvgIpc) is 3.27. The average molecular weight is 401 g/mol. The summed E-state index contributed by atoms with van der Waals surface area (Å²) in [5.74, 6) is 2.25. The lowest BCUT2D eigenvalue weighted by atomic mass is 9.88. The standard InChI is InChI=1S/C22H27NO6/c24-18(14-26-15-19-2-1-9-27-19)13-23-7-5-16(6-8-23)22(25)17-3-4-20-21(12-17)29-11-10-28-20/h1-4,9,12,16,18,24H,5-8,10-11,13-15H2. The molecule has 2 aliphatic heterocycles. The molecule has 1 saturated heterocycles. The normalized spacial score (nSPS) is 18.5. The Kier molecular flexibility index (Phi) is 6.49. The summed E-state index contributed by atoms with van der Waals surface area (Å²) in [7, 11) is 0. The van der Waals surface area contributed by atoms with E-state index in [-0.39, 0.29) is 18.3 Å². The number of piperidine rings is 1. The second kappa shape index (κ2) is 9.43. The van der Waals surface area contributed by atoms with Gasteiger partial charge in [0.25, 0.3) is 0 Å². The lowest BCUT2D eigenvalue weighted by Gasteiger charge is -2.32. The van der Waals surface area contributed by atoms with Gasteiger partial charge in [0.05, 0.1) is 19.0 Å². The molecule has 4 rings (SSSR count). The van der Waals surface area contributed by atoms with Crippen molar-refractivity contribution >= 4 is 5.78 Å². The Balaban J connectivity index is 1.21. The molecule has 7 heteroatoms. The van der Waals surface area contributed by atoms with Crippen molar-refractivity contribution in [1.82, 2.24) is 4.90 Å². The second-order valence-electron chi connectivity index (χ2n) is 7.55. The van der Waals surface area contributed by atoms with E-state index in [9.17, 15) is 9.90 Å². The van der Waals surface area contributed by atoms with E-state index in [1.165, 1.54) is 0 Å². The van der Waals surface area contributed by atoms with Crippen LogP contribution in [0.1, 0.15) is 29.0 Å². The molecule has 0 bridgehead atoms. The van der Waals surface area contributed by atoms with Crippen molar-refractivity contribution in [2.75, 3.05) is 39.5 Å². The van der Waals surface area contributed by atoms with Gasteiger partial charge in [-0.25, -0.2) is 0 Å². The number of carbonyl (C=O) groups is 1. The predicted octanol–water partition coefficient (Wildman–Crippen LogP) is 2.52. The molecule has 1 atom stereocenters. The van der Waals surface area contributed by atoms with Gasteiger partial charge in [0.15, 0.2) is 17.3 Å². The van der Waals surface area contributed by atoms with E-state index in [0.29, 0.717) is 43.4 Å². The van der Waals surface area contributed by atoms with Gasteiger partial charge in [-0.2, -0.15) is 0 Å². The minimum Gasteiger partial charge on any atom is -0.486 e. The predicted molar refractivity (Wildman–Crippen MR) is 105 cm³/mol. The van der Waals surface area contributed by atoms with Crippen molar-refractivity contribution in [3.05, 3.63) is 47.9 Å². The van der Waals surface area contributed by atoms with Crippen molar-refractivity contribution in [3.8, 4) is 11.5 Å². The van der Waals surface area contributed by atoms with Crippen LogP contribution in [0.15, 0.2) is 41.0 Å². The fraction of sp³-hybridized carbons (Fsp3) is 0.500. The maximum absolute atomic E-state index is 12.9. The monoisotopic (exact) mass is 401 g/mol. The van der Waals surface area contributed by atoms with E-state index in [4.69, 9.17) is 18.6 Å². The van der Waals surface area contributed by atoms with Gasteiger partial charge in [0, 0.05) is 18.0 Å². The van der Waals surface area contributed by atoms with Gasteiger partial charge in [0.1, 0.15) is 25.6 Å². The molecular formula is C22H27NO6. The minimum atomic E-state index is -0.560. The van der Waals surface area contributed by atoms with E-state index >= 15 is 0 Å². The number of fused-ring (bicyclic) bond motifs is 1. The summed E-state index contributed by atoms with van der Waals surface area (Å²) in [6.07, 6.45) is 2.61. The molecular weight excluding hydrogens is 374 g/mol. The molecule has 1 N–H and O–H groups in total. The fourth-order valence-electron chi connectivity index (χ4n) is 3.85. The van der Waals surface area contributed by atoms with Gasteiger partial charge in [0.2, 0.25) is 0 Å². The van der Waals surface area contributed by atoms with E-state index in [2.05, 4.69) is 4.90 Å². The number of benzene rings is 1. The molecule has 1 unspecified atom stereocenters. The van der Waals surface area contributed by atoms with Crippen LogP contribution < -0.4 is 9.47 Å². The first-order valence-corrected chi connectivity index (χ1v) is 10.1. The first-order valence-electron chi connectivity index (χ1n) is 10.1. The Bertz CT molecular complexity index is 798. The number of ether oxygens (including phenoxy) is 3.